The molecule has 0 spiro atoms. The second-order valence-electron chi connectivity index (χ2n) is 6.76. The smallest absolute Gasteiger partial charge is 0.268 e. The van der Waals surface area contributed by atoms with Crippen molar-refractivity contribution in [3.8, 4) is 6.07 Å². The van der Waals surface area contributed by atoms with Gasteiger partial charge in [0, 0.05) is 12.5 Å². The number of nitriles is 1. The van der Waals surface area contributed by atoms with Crippen molar-refractivity contribution in [3.63, 3.8) is 0 Å². The quantitative estimate of drug-likeness (QED) is 0.838. The van der Waals surface area contributed by atoms with Crippen molar-refractivity contribution in [3.05, 3.63) is 54.9 Å². The van der Waals surface area contributed by atoms with Crippen molar-refractivity contribution in [1.29, 1.82) is 5.26 Å². The molecule has 0 N–H and O–H groups in total. The van der Waals surface area contributed by atoms with Gasteiger partial charge in [0.05, 0.1) is 4.53 Å². The Kier molecular flexibility index (Phi) is 4.91. The van der Waals surface area contributed by atoms with E-state index in [-0.39, 0.29) is 16.9 Å². The lowest BCUT2D eigenvalue weighted by Crippen LogP contribution is -2.32. The third kappa shape index (κ3) is 3.55. The number of Topliss-reactive ketones (excluding diaryl/α,β-unsaturated/α-hetero) is 1. The zero-order valence-electron chi connectivity index (χ0n) is 14.5. The maximum absolute atomic E-state index is 12.5. The molecule has 0 saturated heterocycles. The number of carbonyl (C=O) groups excluding carboxylic acids is 1. The number of nitrogens with zero attached hydrogens (tertiary/aromatic N) is 2. The molecule has 1 aromatic carbocycles. The van der Waals surface area contributed by atoms with E-state index in [0.717, 1.165) is 11.1 Å². The Balaban J connectivity index is 2.77. The summed E-state index contributed by atoms with van der Waals surface area (Å²) in [4.78, 5) is 25.0. The fourth-order valence-corrected chi connectivity index (χ4v) is 3.35. The van der Waals surface area contributed by atoms with Crippen LogP contribution in [0.15, 0.2) is 29.1 Å². The molecule has 0 fully saturated rings. The summed E-state index contributed by atoms with van der Waals surface area (Å²) in [5.41, 5.74) is 1.18. The average Bonchev–Trinajstić information content (AvgIpc) is 2.76. The average molecular weight is 340 g/mol. The molecule has 0 atom stereocenters. The minimum absolute atomic E-state index is 0.0380. The highest BCUT2D eigenvalue weighted by molar-refractivity contribution is 7.07. The highest BCUT2D eigenvalue weighted by Gasteiger charge is 2.26. The summed E-state index contributed by atoms with van der Waals surface area (Å²) >= 11 is 1.18. The van der Waals surface area contributed by atoms with Crippen LogP contribution < -0.4 is 14.8 Å². The first-order valence-electron chi connectivity index (χ1n) is 7.58. The second kappa shape index (κ2) is 6.58. The van der Waals surface area contributed by atoms with Crippen LogP contribution in [0, 0.1) is 23.7 Å². The molecule has 24 heavy (non-hydrogen) atoms. The highest BCUT2D eigenvalue weighted by atomic mass is 32.1. The summed E-state index contributed by atoms with van der Waals surface area (Å²) in [5, 5.41) is 9.44. The Bertz CT molecular complexity index is 1010. The maximum atomic E-state index is 12.5. The van der Waals surface area contributed by atoms with Gasteiger partial charge in [0.15, 0.2) is 5.78 Å². The molecule has 0 aliphatic heterocycles. The predicted molar refractivity (Wildman–Crippen MR) is 97.0 cm³/mol. The zero-order chi connectivity index (χ0) is 18.1. The summed E-state index contributed by atoms with van der Waals surface area (Å²) in [6.45, 7) is 7.27. The Hall–Kier alpha value is -2.45. The fraction of sp³-hybridized carbons (Fsp3) is 0.316. The van der Waals surface area contributed by atoms with E-state index in [2.05, 4.69) is 0 Å². The molecule has 0 saturated carbocycles. The van der Waals surface area contributed by atoms with Crippen LogP contribution in [0.25, 0.3) is 11.6 Å². The molecule has 0 bridgehead atoms. The van der Waals surface area contributed by atoms with E-state index in [1.165, 1.54) is 15.9 Å². The van der Waals surface area contributed by atoms with Gasteiger partial charge in [-0.3, -0.25) is 9.59 Å². The van der Waals surface area contributed by atoms with Crippen LogP contribution in [-0.2, 0) is 11.8 Å². The summed E-state index contributed by atoms with van der Waals surface area (Å²) in [5.74, 6) is -0.260. The number of aryl methyl sites for hydroxylation is 1. The van der Waals surface area contributed by atoms with Gasteiger partial charge in [0.25, 0.3) is 5.56 Å². The van der Waals surface area contributed by atoms with Gasteiger partial charge in [-0.15, -0.1) is 11.3 Å². The van der Waals surface area contributed by atoms with Crippen LogP contribution in [0.2, 0.25) is 0 Å². The van der Waals surface area contributed by atoms with Gasteiger partial charge in [-0.25, -0.2) is 0 Å². The van der Waals surface area contributed by atoms with Crippen molar-refractivity contribution in [2.45, 2.75) is 27.7 Å². The number of thiazole rings is 1. The maximum Gasteiger partial charge on any atom is 0.268 e. The minimum atomic E-state index is -0.675. The number of aromatic nitrogens is 1. The van der Waals surface area contributed by atoms with Gasteiger partial charge in [-0.1, -0.05) is 50.6 Å². The molecule has 0 unspecified atom stereocenters. The molecule has 4 nitrogen and oxygen atoms in total. The van der Waals surface area contributed by atoms with Gasteiger partial charge >= 0.3 is 0 Å². The Morgan fingerprint density at radius 2 is 2.00 bits per heavy atom. The first-order valence-corrected chi connectivity index (χ1v) is 8.40. The molecule has 124 valence electrons. The molecule has 5 heteroatoms. The van der Waals surface area contributed by atoms with Gasteiger partial charge in [-0.05, 0) is 18.6 Å². The Morgan fingerprint density at radius 1 is 1.33 bits per heavy atom. The van der Waals surface area contributed by atoms with Gasteiger partial charge in [0.2, 0.25) is 0 Å². The van der Waals surface area contributed by atoms with Crippen molar-refractivity contribution in [1.82, 2.24) is 4.57 Å². The highest BCUT2D eigenvalue weighted by Crippen LogP contribution is 2.19. The summed E-state index contributed by atoms with van der Waals surface area (Å²) in [6.07, 6.45) is 1.79. The van der Waals surface area contributed by atoms with Crippen LogP contribution in [0.5, 0.6) is 0 Å². The zero-order valence-corrected chi connectivity index (χ0v) is 15.3. The van der Waals surface area contributed by atoms with E-state index < -0.39 is 5.41 Å². The van der Waals surface area contributed by atoms with Crippen LogP contribution >= 0.6 is 11.3 Å². The van der Waals surface area contributed by atoms with Gasteiger partial charge in [-0.2, -0.15) is 5.26 Å². The first-order chi connectivity index (χ1) is 11.1. The molecular weight excluding hydrogens is 320 g/mol. The SMILES string of the molecule is Cc1cccc(/C=c2\s/c(=C(\C#N)C(=O)C(C)(C)C)n(C)c2=O)c1. The molecular formula is C19H20N2O2S. The van der Waals surface area contributed by atoms with E-state index >= 15 is 0 Å². The summed E-state index contributed by atoms with van der Waals surface area (Å²) in [7, 11) is 1.59. The number of hydrogen-bond acceptors (Lipinski definition) is 4. The van der Waals surface area contributed by atoms with Crippen molar-refractivity contribution in [2.75, 3.05) is 0 Å². The lowest BCUT2D eigenvalue weighted by Gasteiger charge is -2.15. The fourth-order valence-electron chi connectivity index (χ4n) is 2.27. The first kappa shape index (κ1) is 17.9. The number of hydrogen-bond donors (Lipinski definition) is 0. The van der Waals surface area contributed by atoms with Gasteiger partial charge < -0.3 is 4.57 Å². The minimum Gasteiger partial charge on any atom is -0.301 e. The predicted octanol–water partition coefficient (Wildman–Crippen LogP) is 1.87. The van der Waals surface area contributed by atoms with E-state index in [9.17, 15) is 14.9 Å². The van der Waals surface area contributed by atoms with Crippen molar-refractivity contribution < 1.29 is 4.79 Å². The third-order valence-electron chi connectivity index (χ3n) is 3.60. The van der Waals surface area contributed by atoms with Gasteiger partial charge in [0.1, 0.15) is 16.3 Å². The lowest BCUT2D eigenvalue weighted by atomic mass is 9.87. The Labute approximate surface area is 145 Å². The van der Waals surface area contributed by atoms with E-state index in [1.807, 2.05) is 37.3 Å². The summed E-state index contributed by atoms with van der Waals surface area (Å²) in [6, 6.07) is 9.79. The lowest BCUT2D eigenvalue weighted by molar-refractivity contribution is -0.120. The Morgan fingerprint density at radius 3 is 2.54 bits per heavy atom. The largest absolute Gasteiger partial charge is 0.301 e. The molecule has 2 rings (SSSR count). The van der Waals surface area contributed by atoms with Crippen molar-refractivity contribution >= 4 is 28.8 Å². The summed E-state index contributed by atoms with van der Waals surface area (Å²) < 4.78 is 2.29. The number of ketones is 1. The van der Waals surface area contributed by atoms with Crippen LogP contribution in [0.3, 0.4) is 0 Å². The number of carbonyl (C=O) groups is 1. The molecule has 1 heterocycles. The topological polar surface area (TPSA) is 62.9 Å². The number of rotatable bonds is 2. The van der Waals surface area contributed by atoms with Crippen LogP contribution in [-0.4, -0.2) is 10.4 Å². The molecule has 0 aliphatic rings. The standard InChI is InChI=1S/C19H20N2O2S/c1-12-7-6-8-13(9-12)10-15-17(23)21(5)18(24-15)14(11-20)16(22)19(2,3)4/h6-10H,1-5H3/b15-10-,18-14+. The molecule has 0 aliphatic carbocycles. The van der Waals surface area contributed by atoms with E-state index in [4.69, 9.17) is 0 Å². The third-order valence-corrected chi connectivity index (χ3v) is 4.78. The van der Waals surface area contributed by atoms with E-state index in [1.54, 1.807) is 33.9 Å². The molecule has 0 amide bonds. The number of benzene rings is 1. The van der Waals surface area contributed by atoms with E-state index in [0.29, 0.717) is 9.20 Å². The molecule has 0 radical (unpaired) electrons. The van der Waals surface area contributed by atoms with Crippen LogP contribution in [0.1, 0.15) is 31.9 Å². The monoisotopic (exact) mass is 340 g/mol. The molecule has 1 aromatic heterocycles. The van der Waals surface area contributed by atoms with Crippen molar-refractivity contribution in [2.24, 2.45) is 12.5 Å². The normalized spacial score (nSPS) is 13.6. The second-order valence-corrected chi connectivity index (χ2v) is 7.79. The van der Waals surface area contributed by atoms with Crippen LogP contribution in [0.4, 0.5) is 0 Å². The molecule has 2 aromatic rings.